The number of methoxy groups -OCH3 is 2. The van der Waals surface area contributed by atoms with Crippen LogP contribution >= 0.6 is 0 Å². The minimum Gasteiger partial charge on any atom is -0.492 e. The molecule has 9 atom stereocenters. The topological polar surface area (TPSA) is 360 Å². The molecule has 108 heavy (non-hydrogen) atoms. The molecular weight excluding hydrogens is 1420 g/mol. The molecular formula is C76H86F2N6O24. The lowest BCUT2D eigenvalue weighted by atomic mass is 9.46. The Morgan fingerprint density at radius 2 is 1.13 bits per heavy atom. The van der Waals surface area contributed by atoms with Crippen LogP contribution in [-0.2, 0) is 51.1 Å². The molecule has 32 heteroatoms. The van der Waals surface area contributed by atoms with Gasteiger partial charge < -0.3 is 84.7 Å². The second-order valence-electron chi connectivity index (χ2n) is 30.3. The normalized spacial score (nSPS) is 25.9. The van der Waals surface area contributed by atoms with Crippen molar-refractivity contribution in [3.8, 4) is 11.5 Å². The highest BCUT2D eigenvalue weighted by Crippen LogP contribution is 2.67. The molecule has 30 nitrogen and oxygen atoms in total. The number of Topliss-reactive ketones (excluding diaryl/α,β-unsaturated/α-hetero) is 1. The van der Waals surface area contributed by atoms with Crippen LogP contribution in [0, 0.1) is 60.0 Å². The number of ether oxygens (including phenoxy) is 8. The predicted molar refractivity (Wildman–Crippen MR) is 376 cm³/mol. The maximum atomic E-state index is 16.6. The Hall–Kier alpha value is -9.92. The first-order valence-electron chi connectivity index (χ1n) is 36.4. The van der Waals surface area contributed by atoms with Crippen molar-refractivity contribution in [2.24, 2.45) is 34.5 Å². The summed E-state index contributed by atoms with van der Waals surface area (Å²) in [6.45, 7) is 9.89. The first kappa shape index (κ1) is 74.9. The second kappa shape index (κ2) is 29.2. The molecule has 3 unspecified atom stereocenters. The number of ketones is 2. The highest BCUT2D eigenvalue weighted by Gasteiger charge is 2.68. The molecule has 578 valence electrons. The van der Waals surface area contributed by atoms with Crippen LogP contribution in [0.2, 0.25) is 0 Å². The summed E-state index contributed by atoms with van der Waals surface area (Å²) in [5, 5.41) is 24.5. The molecule has 7 fully saturated rings. The Labute approximate surface area is 615 Å². The fourth-order valence-electron chi connectivity index (χ4n) is 18.0. The van der Waals surface area contributed by atoms with Gasteiger partial charge in [-0.1, -0.05) is 25.5 Å². The van der Waals surface area contributed by atoms with E-state index in [1.165, 1.54) is 32.7 Å². The van der Waals surface area contributed by atoms with E-state index in [9.17, 15) is 58.2 Å². The third kappa shape index (κ3) is 13.8. The van der Waals surface area contributed by atoms with Gasteiger partial charge in [-0.2, -0.15) is 0 Å². The Bertz CT molecular complexity index is 4700. The van der Waals surface area contributed by atoms with Gasteiger partial charge >= 0.3 is 35.9 Å². The largest absolute Gasteiger partial charge is 0.519 e. The number of piperazine rings is 2. The number of halogens is 2. The third-order valence-electron chi connectivity index (χ3n) is 23.8. The number of rotatable bonds is 23. The van der Waals surface area contributed by atoms with Crippen LogP contribution in [0.4, 0.5) is 29.7 Å². The van der Waals surface area contributed by atoms with E-state index < -0.39 is 137 Å². The van der Waals surface area contributed by atoms with Gasteiger partial charge in [0.05, 0.1) is 55.2 Å². The van der Waals surface area contributed by atoms with Crippen molar-refractivity contribution in [2.45, 2.75) is 155 Å². The summed E-state index contributed by atoms with van der Waals surface area (Å²) < 4.78 is 100. The van der Waals surface area contributed by atoms with Crippen LogP contribution in [0.15, 0.2) is 85.2 Å². The van der Waals surface area contributed by atoms with E-state index >= 15 is 8.78 Å². The summed E-state index contributed by atoms with van der Waals surface area (Å²) >= 11 is 0. The smallest absolute Gasteiger partial charge is 0.492 e. The molecule has 2 aromatic carbocycles. The lowest BCUT2D eigenvalue weighted by Crippen LogP contribution is -2.61. The van der Waals surface area contributed by atoms with E-state index in [1.807, 2.05) is 26.8 Å². The van der Waals surface area contributed by atoms with Crippen molar-refractivity contribution in [1.82, 2.24) is 18.9 Å². The molecule has 0 radical (unpaired) electrons. The molecule has 6 heterocycles. The number of aliphatic hydroxyl groups excluding tert-OH is 1. The first-order chi connectivity index (χ1) is 51.5. The van der Waals surface area contributed by atoms with E-state index in [4.69, 9.17) is 55.6 Å². The predicted octanol–water partition coefficient (Wildman–Crippen LogP) is 8.23. The van der Waals surface area contributed by atoms with Gasteiger partial charge in [0.2, 0.25) is 24.4 Å². The molecule has 2 aliphatic heterocycles. The molecule has 5 saturated carbocycles. The molecule has 0 amide bonds. The van der Waals surface area contributed by atoms with Crippen LogP contribution in [0.3, 0.4) is 0 Å². The zero-order valence-electron chi connectivity index (χ0n) is 61.1. The van der Waals surface area contributed by atoms with E-state index in [-0.39, 0.29) is 118 Å². The highest BCUT2D eigenvalue weighted by molar-refractivity contribution is 6.02. The number of esters is 2. The number of pyridine rings is 2. The number of aromatic nitrogens is 2. The maximum Gasteiger partial charge on any atom is 0.519 e. The molecule has 8 aliphatic rings. The number of allylic oxidation sites excluding steroid dienone is 4. The number of carbonyl (C=O) groups excluding carboxylic acids is 6. The Kier molecular flexibility index (Phi) is 20.3. The van der Waals surface area contributed by atoms with Crippen molar-refractivity contribution >= 4 is 69.0 Å². The van der Waals surface area contributed by atoms with Gasteiger partial charge in [-0.15, -0.1) is 0 Å². The molecule has 6 aromatic rings. The van der Waals surface area contributed by atoms with Crippen molar-refractivity contribution in [3.63, 3.8) is 0 Å². The summed E-state index contributed by atoms with van der Waals surface area (Å²) in [6.07, 6.45) is 7.24. The second-order valence-corrected chi connectivity index (χ2v) is 30.3. The summed E-state index contributed by atoms with van der Waals surface area (Å²) in [4.78, 5) is 142. The number of aryl methyl sites for hydroxylation is 2. The van der Waals surface area contributed by atoms with Gasteiger partial charge in [-0.05, 0) is 122 Å². The van der Waals surface area contributed by atoms with Gasteiger partial charge in [-0.25, -0.2) is 37.5 Å². The Morgan fingerprint density at radius 1 is 0.648 bits per heavy atom. The minimum absolute atomic E-state index is 0.00405. The summed E-state index contributed by atoms with van der Waals surface area (Å²) in [6, 6.07) is 1.30. The van der Waals surface area contributed by atoms with Gasteiger partial charge in [0.15, 0.2) is 46.2 Å². The van der Waals surface area contributed by atoms with Crippen molar-refractivity contribution in [3.05, 3.63) is 136 Å². The average molecular weight is 1510 g/mol. The van der Waals surface area contributed by atoms with Crippen LogP contribution in [0.1, 0.15) is 148 Å². The van der Waals surface area contributed by atoms with Gasteiger partial charge in [0.25, 0.3) is 0 Å². The maximum absolute atomic E-state index is 16.6. The number of benzene rings is 2. The minimum atomic E-state index is -2.06. The fraction of sp³-hybridized carbons (Fsp3) is 0.553. The number of hydrogen-bond donors (Lipinski definition) is 2. The lowest BCUT2D eigenvalue weighted by molar-refractivity contribution is -0.177. The molecule has 0 bridgehead atoms. The highest BCUT2D eigenvalue weighted by atomic mass is 19.1. The molecule has 4 aromatic heterocycles. The number of nitrogens with zero attached hydrogens (tertiary/aromatic N) is 6. The average Bonchev–Trinajstić information content (AvgIpc) is 1.48. The van der Waals surface area contributed by atoms with Crippen molar-refractivity contribution < 1.29 is 103 Å². The first-order valence-corrected chi connectivity index (χ1v) is 36.4. The van der Waals surface area contributed by atoms with Gasteiger partial charge in [-0.3, -0.25) is 29.0 Å². The van der Waals surface area contributed by atoms with Crippen LogP contribution in [0.25, 0.3) is 21.8 Å². The van der Waals surface area contributed by atoms with E-state index in [0.29, 0.717) is 107 Å². The molecule has 6 aliphatic carbocycles. The number of carbonyl (C=O) groups is 6. The molecule has 0 spiro atoms. The fourth-order valence-corrected chi connectivity index (χ4v) is 18.0. The van der Waals surface area contributed by atoms with Crippen molar-refractivity contribution in [2.75, 3.05) is 90.1 Å². The standard InChI is InChI=1S/C76H86F2N6O24/c1-38-28-81(21-19-79(38)32-56-40(3)105-72(94)107-56)62-53(77)25-48-60(66(62)97-7)83(44-10-11-44)30-50(64(48)88)68(90)101-36-103-70(92)99-34-42(23-58(87)76(96)18-16-52-47-14-9-43-24-46(85)15-17-74(43,5)59(47)55(86)27-75(52,76)6)35-100-71(93)104-37-102-69(91)51-31-84(45-12-13-45)61-49(65(51)89)26-54(78)63(67(61)98-8)82-22-20-80(39(2)29-82)33-57-41(4)106-73(95)108-57/h15,17,24-26,30-31,38-39,42,44-45,47,52,55,59,86,96H,9-14,16,18-23,27-29,32-37H2,1-8H3/t38?,39?,42?,47-,52-,55-,59?,74-,75-,76-/m1/s1. The zero-order valence-corrected chi connectivity index (χ0v) is 61.1. The van der Waals surface area contributed by atoms with Gasteiger partial charge in [0.1, 0.15) is 52.8 Å². The zero-order chi connectivity index (χ0) is 76.7. The van der Waals surface area contributed by atoms with Crippen molar-refractivity contribution in [1.29, 1.82) is 0 Å². The Morgan fingerprint density at radius 3 is 1.56 bits per heavy atom. The summed E-state index contributed by atoms with van der Waals surface area (Å²) in [5.74, 6) is -6.93. The van der Waals surface area contributed by atoms with Crippen LogP contribution < -0.4 is 41.8 Å². The quantitative estimate of drug-likeness (QED) is 0.0346. The molecule has 14 rings (SSSR count). The van der Waals surface area contributed by atoms with Crippen LogP contribution in [-0.4, -0.2) is 169 Å². The number of hydrogen-bond acceptors (Lipinski definition) is 28. The summed E-state index contributed by atoms with van der Waals surface area (Å²) in [7, 11) is 2.70. The number of fused-ring (bicyclic) bond motifs is 7. The van der Waals surface area contributed by atoms with E-state index in [0.717, 1.165) is 17.7 Å². The third-order valence-corrected chi connectivity index (χ3v) is 23.8. The molecule has 2 N–H and O–H groups in total. The summed E-state index contributed by atoms with van der Waals surface area (Å²) in [5.41, 5.74) is -5.11. The number of aliphatic hydroxyl groups is 2. The molecule has 2 saturated heterocycles. The monoisotopic (exact) mass is 1500 g/mol. The SMILES string of the molecule is COc1c(N2CCN(Cc3oc(=O)oc3C)C(C)C2)c(F)cc2c(=O)c(C(=O)OCOC(=O)OCC(COC(=O)OCOC(=O)c3cn(C4CC4)c4c(OC)c(N5CCN(Cc6oc(=O)oc6C)C(C)C5)c(F)cc4c3=O)CC(=O)[C@]3(O)CC[C@@H]4[C@H]5CCC6=CC(=O)C=C[C@@]6(C)C5[C@H](O)C[C@]43C)cn(C3CC3)c12. The lowest BCUT2D eigenvalue weighted by Gasteiger charge is -2.59. The van der Waals surface area contributed by atoms with Crippen LogP contribution in [0.5, 0.6) is 11.5 Å². The van der Waals surface area contributed by atoms with Gasteiger partial charge in [0, 0.05) is 105 Å². The number of anilines is 2. The van der Waals surface area contributed by atoms with E-state index in [2.05, 4.69) is 9.80 Å². The van der Waals surface area contributed by atoms with E-state index in [1.54, 1.807) is 45.8 Å². The Balaban J connectivity index is 0.642.